The van der Waals surface area contributed by atoms with Gasteiger partial charge >= 0.3 is 0 Å². The van der Waals surface area contributed by atoms with Gasteiger partial charge in [-0.3, -0.25) is 0 Å². The van der Waals surface area contributed by atoms with Crippen molar-refractivity contribution in [2.45, 2.75) is 27.0 Å². The minimum atomic E-state index is -0.126. The summed E-state index contributed by atoms with van der Waals surface area (Å²) in [5, 5.41) is 13.3. The average Bonchev–Trinajstić information content (AvgIpc) is 2.72. The lowest BCUT2D eigenvalue weighted by Crippen LogP contribution is -2.04. The van der Waals surface area contributed by atoms with E-state index in [0.717, 1.165) is 15.6 Å². The zero-order chi connectivity index (χ0) is 21.7. The molecule has 0 saturated heterocycles. The number of benzene rings is 3. The number of aryl methyl sites for hydroxylation is 1. The molecular formula is C23H22BrCl2NO3. The van der Waals surface area contributed by atoms with E-state index in [2.05, 4.69) is 52.4 Å². The molecule has 7 heteroatoms. The van der Waals surface area contributed by atoms with E-state index < -0.39 is 0 Å². The average molecular weight is 511 g/mol. The Balaban J connectivity index is 1.75. The van der Waals surface area contributed by atoms with Gasteiger partial charge in [0.05, 0.1) is 16.7 Å². The van der Waals surface area contributed by atoms with Crippen LogP contribution in [0.4, 0.5) is 5.69 Å². The topological polar surface area (TPSA) is 50.7 Å². The number of halogens is 3. The van der Waals surface area contributed by atoms with Gasteiger partial charge in [-0.1, -0.05) is 69.0 Å². The third-order valence-corrected chi connectivity index (χ3v) is 5.74. The molecule has 0 spiro atoms. The third kappa shape index (κ3) is 5.75. The third-order valence-electron chi connectivity index (χ3n) is 4.43. The van der Waals surface area contributed by atoms with E-state index >= 15 is 0 Å². The van der Waals surface area contributed by atoms with E-state index in [1.54, 1.807) is 12.1 Å². The van der Waals surface area contributed by atoms with Gasteiger partial charge in [0.2, 0.25) is 0 Å². The van der Waals surface area contributed by atoms with E-state index in [0.29, 0.717) is 36.9 Å². The molecule has 0 bridgehead atoms. The zero-order valence-corrected chi connectivity index (χ0v) is 19.7. The summed E-state index contributed by atoms with van der Waals surface area (Å²) in [4.78, 5) is 0. The summed E-state index contributed by atoms with van der Waals surface area (Å²) >= 11 is 15.6. The molecule has 0 aromatic heterocycles. The highest BCUT2D eigenvalue weighted by Crippen LogP contribution is 2.37. The summed E-state index contributed by atoms with van der Waals surface area (Å²) in [6.45, 7) is 5.47. The van der Waals surface area contributed by atoms with Crippen LogP contribution in [-0.4, -0.2) is 11.7 Å². The van der Waals surface area contributed by atoms with Crippen molar-refractivity contribution >= 4 is 44.8 Å². The van der Waals surface area contributed by atoms with Crippen LogP contribution in [0.3, 0.4) is 0 Å². The van der Waals surface area contributed by atoms with Crippen LogP contribution in [0, 0.1) is 6.92 Å². The highest BCUT2D eigenvalue weighted by Gasteiger charge is 2.12. The smallest absolute Gasteiger partial charge is 0.162 e. The highest BCUT2D eigenvalue weighted by molar-refractivity contribution is 9.10. The number of hydrogen-bond acceptors (Lipinski definition) is 4. The van der Waals surface area contributed by atoms with Crippen LogP contribution >= 0.6 is 39.1 Å². The van der Waals surface area contributed by atoms with Crippen molar-refractivity contribution in [3.63, 3.8) is 0 Å². The van der Waals surface area contributed by atoms with Gasteiger partial charge in [-0.25, -0.2) is 0 Å². The van der Waals surface area contributed by atoms with E-state index in [4.69, 9.17) is 32.7 Å². The van der Waals surface area contributed by atoms with Gasteiger partial charge in [0.1, 0.15) is 6.61 Å². The fourth-order valence-corrected chi connectivity index (χ4v) is 3.75. The van der Waals surface area contributed by atoms with Crippen LogP contribution in [0.15, 0.2) is 53.0 Å². The molecule has 0 aliphatic heterocycles. The number of aromatic hydroxyl groups is 1. The molecule has 0 saturated carbocycles. The molecule has 2 N–H and O–H groups in total. The summed E-state index contributed by atoms with van der Waals surface area (Å²) < 4.78 is 12.7. The van der Waals surface area contributed by atoms with Crippen LogP contribution in [0.2, 0.25) is 10.0 Å². The van der Waals surface area contributed by atoms with Crippen LogP contribution in [0.25, 0.3) is 0 Å². The van der Waals surface area contributed by atoms with Crippen molar-refractivity contribution in [2.24, 2.45) is 0 Å². The SMILES string of the molecule is CCOc1cc(CNc2cc(Cl)c(O)c(Cl)c2)c(Br)cc1OCc1ccc(C)cc1. The predicted octanol–water partition coefficient (Wildman–Crippen LogP) is 7.36. The van der Waals surface area contributed by atoms with Gasteiger partial charge in [-0.2, -0.15) is 0 Å². The van der Waals surface area contributed by atoms with Crippen molar-refractivity contribution in [1.29, 1.82) is 0 Å². The monoisotopic (exact) mass is 509 g/mol. The van der Waals surface area contributed by atoms with Crippen LogP contribution in [-0.2, 0) is 13.2 Å². The first-order valence-electron chi connectivity index (χ1n) is 9.42. The van der Waals surface area contributed by atoms with Crippen LogP contribution in [0.5, 0.6) is 17.2 Å². The molecule has 4 nitrogen and oxygen atoms in total. The van der Waals surface area contributed by atoms with Crippen LogP contribution < -0.4 is 14.8 Å². The molecule has 0 unspecified atom stereocenters. The second-order valence-corrected chi connectivity index (χ2v) is 8.41. The molecule has 3 aromatic carbocycles. The molecule has 3 rings (SSSR count). The van der Waals surface area contributed by atoms with Crippen molar-refractivity contribution in [2.75, 3.05) is 11.9 Å². The Kier molecular flexibility index (Phi) is 7.75. The molecule has 0 aliphatic carbocycles. The minimum absolute atomic E-state index is 0.126. The molecule has 0 amide bonds. The molecule has 0 fully saturated rings. The Morgan fingerprint density at radius 2 is 1.60 bits per heavy atom. The summed E-state index contributed by atoms with van der Waals surface area (Å²) in [6.07, 6.45) is 0. The van der Waals surface area contributed by atoms with Gasteiger partial charge < -0.3 is 19.9 Å². The lowest BCUT2D eigenvalue weighted by atomic mass is 10.1. The van der Waals surface area contributed by atoms with Gasteiger partial charge in [-0.15, -0.1) is 0 Å². The minimum Gasteiger partial charge on any atom is -0.505 e. The number of phenols is 1. The Morgan fingerprint density at radius 1 is 0.967 bits per heavy atom. The summed E-state index contributed by atoms with van der Waals surface area (Å²) in [7, 11) is 0. The maximum absolute atomic E-state index is 9.70. The molecule has 30 heavy (non-hydrogen) atoms. The standard InChI is InChI=1S/C23H22BrCl2NO3/c1-3-29-21-8-16(12-27-17-9-19(25)23(28)20(26)10-17)18(24)11-22(21)30-13-15-6-4-14(2)5-7-15/h4-11,27-28H,3,12-13H2,1-2H3. The quantitative estimate of drug-likeness (QED) is 0.311. The second kappa shape index (κ2) is 10.3. The van der Waals surface area contributed by atoms with E-state index in [-0.39, 0.29) is 15.8 Å². The summed E-state index contributed by atoms with van der Waals surface area (Å²) in [6, 6.07) is 15.3. The van der Waals surface area contributed by atoms with E-state index in [1.165, 1.54) is 5.56 Å². The molecule has 0 radical (unpaired) electrons. The molecule has 0 heterocycles. The summed E-state index contributed by atoms with van der Waals surface area (Å²) in [5.74, 6) is 1.22. The fraction of sp³-hybridized carbons (Fsp3) is 0.217. The number of rotatable bonds is 8. The van der Waals surface area contributed by atoms with E-state index in [9.17, 15) is 5.11 Å². The first-order valence-corrected chi connectivity index (χ1v) is 11.0. The van der Waals surface area contributed by atoms with Gasteiger partial charge in [0.25, 0.3) is 0 Å². The first-order chi connectivity index (χ1) is 14.4. The van der Waals surface area contributed by atoms with Crippen molar-refractivity contribution in [1.82, 2.24) is 0 Å². The normalized spacial score (nSPS) is 10.7. The number of hydrogen-bond donors (Lipinski definition) is 2. The number of anilines is 1. The number of phenolic OH excluding ortho intramolecular Hbond substituents is 1. The zero-order valence-electron chi connectivity index (χ0n) is 16.6. The maximum Gasteiger partial charge on any atom is 0.162 e. The van der Waals surface area contributed by atoms with Gasteiger partial charge in [-0.05, 0) is 49.2 Å². The van der Waals surface area contributed by atoms with Crippen molar-refractivity contribution < 1.29 is 14.6 Å². The largest absolute Gasteiger partial charge is 0.505 e. The maximum atomic E-state index is 9.70. The Labute approximate surface area is 194 Å². The highest BCUT2D eigenvalue weighted by atomic mass is 79.9. The number of ether oxygens (including phenoxy) is 2. The van der Waals surface area contributed by atoms with E-state index in [1.807, 2.05) is 19.1 Å². The fourth-order valence-electron chi connectivity index (χ4n) is 2.80. The molecule has 0 aliphatic rings. The molecule has 0 atom stereocenters. The molecular weight excluding hydrogens is 489 g/mol. The summed E-state index contributed by atoms with van der Waals surface area (Å²) in [5.41, 5.74) is 3.98. The van der Waals surface area contributed by atoms with Crippen LogP contribution in [0.1, 0.15) is 23.6 Å². The second-order valence-electron chi connectivity index (χ2n) is 6.74. The lowest BCUT2D eigenvalue weighted by Gasteiger charge is -2.16. The first kappa shape index (κ1) is 22.6. The van der Waals surface area contributed by atoms with Crippen molar-refractivity contribution in [3.8, 4) is 17.2 Å². The lowest BCUT2D eigenvalue weighted by molar-refractivity contribution is 0.269. The Hall–Kier alpha value is -2.08. The van der Waals surface area contributed by atoms with Gasteiger partial charge in [0.15, 0.2) is 17.2 Å². The van der Waals surface area contributed by atoms with Gasteiger partial charge in [0, 0.05) is 16.7 Å². The predicted molar refractivity (Wildman–Crippen MR) is 126 cm³/mol. The molecule has 158 valence electrons. The number of nitrogens with one attached hydrogen (secondary N) is 1. The van der Waals surface area contributed by atoms with Crippen molar-refractivity contribution in [3.05, 3.63) is 79.7 Å². The Morgan fingerprint density at radius 3 is 2.23 bits per heavy atom. The molecule has 3 aromatic rings. The Bertz CT molecular complexity index is 1000.